The van der Waals surface area contributed by atoms with E-state index in [1.807, 2.05) is 19.9 Å². The number of carbonyl (C=O) groups is 1. The maximum absolute atomic E-state index is 13.0. The van der Waals surface area contributed by atoms with Crippen LogP contribution in [0.2, 0.25) is 0 Å². The molecule has 0 saturated heterocycles. The van der Waals surface area contributed by atoms with Gasteiger partial charge in [0.1, 0.15) is 5.84 Å². The highest BCUT2D eigenvalue weighted by atomic mass is 16.5. The number of terminal acetylenes is 1. The van der Waals surface area contributed by atoms with Crippen LogP contribution in [0.4, 0.5) is 0 Å². The Morgan fingerprint density at radius 3 is 2.78 bits per heavy atom. The standard InChI is InChI=1S/C21H30N4O2/c1-6-21(4,20(26)24-15-11-9-12-17(15)27-5)19(22)25-18(14(2)3)16-10-7-8-13-23-16/h1,8,13,15,17H,7,9-12H2,2-5H3,(H2,22,25)(H,24,26)/t15-,17-,21?/m1/s1. The van der Waals surface area contributed by atoms with Gasteiger partial charge < -0.3 is 15.8 Å². The van der Waals surface area contributed by atoms with Gasteiger partial charge in [0.25, 0.3) is 0 Å². The van der Waals surface area contributed by atoms with Crippen LogP contribution >= 0.6 is 0 Å². The normalized spacial score (nSPS) is 24.6. The molecule has 0 bridgehead atoms. The van der Waals surface area contributed by atoms with Crippen LogP contribution in [0.25, 0.3) is 0 Å². The van der Waals surface area contributed by atoms with Gasteiger partial charge in [-0.1, -0.05) is 12.0 Å². The Balaban J connectivity index is 2.27. The molecule has 1 unspecified atom stereocenters. The first-order valence-corrected chi connectivity index (χ1v) is 9.39. The number of hydrogen-bond donors (Lipinski definition) is 2. The molecule has 1 saturated carbocycles. The smallest absolute Gasteiger partial charge is 0.246 e. The Morgan fingerprint density at radius 1 is 1.48 bits per heavy atom. The SMILES string of the molecule is C#CC(C)(C(=O)N[C@@H]1CCC[C@H]1OC)/C(N)=N\C(C1=NC=CCC1)=C(C)C. The van der Waals surface area contributed by atoms with Crippen molar-refractivity contribution in [3.05, 3.63) is 23.5 Å². The molecular weight excluding hydrogens is 340 g/mol. The fourth-order valence-corrected chi connectivity index (χ4v) is 3.32. The lowest BCUT2D eigenvalue weighted by atomic mass is 9.88. The second kappa shape index (κ2) is 9.01. The number of ether oxygens (including phenoxy) is 1. The van der Waals surface area contributed by atoms with E-state index in [-0.39, 0.29) is 23.9 Å². The van der Waals surface area contributed by atoms with Gasteiger partial charge in [0.2, 0.25) is 5.91 Å². The summed E-state index contributed by atoms with van der Waals surface area (Å²) in [6.45, 7) is 5.52. The van der Waals surface area contributed by atoms with Crippen molar-refractivity contribution in [2.75, 3.05) is 7.11 Å². The summed E-state index contributed by atoms with van der Waals surface area (Å²) in [6, 6.07) is -0.0567. The summed E-state index contributed by atoms with van der Waals surface area (Å²) in [6.07, 6.45) is 14.0. The van der Waals surface area contributed by atoms with E-state index < -0.39 is 5.41 Å². The number of nitrogens with zero attached hydrogens (tertiary/aromatic N) is 2. The molecule has 2 rings (SSSR count). The first-order valence-electron chi connectivity index (χ1n) is 9.39. The van der Waals surface area contributed by atoms with Crippen LogP contribution in [-0.4, -0.2) is 36.7 Å². The van der Waals surface area contributed by atoms with Crippen LogP contribution in [0.5, 0.6) is 0 Å². The lowest BCUT2D eigenvalue weighted by molar-refractivity contribution is -0.126. The predicted octanol–water partition coefficient (Wildman–Crippen LogP) is 2.71. The highest BCUT2D eigenvalue weighted by Crippen LogP contribution is 2.25. The van der Waals surface area contributed by atoms with Crippen molar-refractivity contribution in [1.82, 2.24) is 5.32 Å². The zero-order chi connectivity index (χ0) is 20.0. The van der Waals surface area contributed by atoms with Gasteiger partial charge in [-0.2, -0.15) is 0 Å². The fraction of sp³-hybridized carbons (Fsp3) is 0.571. The fourth-order valence-electron chi connectivity index (χ4n) is 3.32. The largest absolute Gasteiger partial charge is 0.385 e. The number of hydrogen-bond acceptors (Lipinski definition) is 4. The Kier molecular flexibility index (Phi) is 6.98. The summed E-state index contributed by atoms with van der Waals surface area (Å²) >= 11 is 0. The van der Waals surface area contributed by atoms with Crippen molar-refractivity contribution < 1.29 is 9.53 Å². The average Bonchev–Trinajstić information content (AvgIpc) is 3.12. The lowest BCUT2D eigenvalue weighted by Gasteiger charge is -2.27. The molecule has 6 nitrogen and oxygen atoms in total. The molecule has 1 amide bonds. The summed E-state index contributed by atoms with van der Waals surface area (Å²) in [5.74, 6) is 2.33. The van der Waals surface area contributed by atoms with Crippen LogP contribution in [-0.2, 0) is 9.53 Å². The van der Waals surface area contributed by atoms with Gasteiger partial charge in [-0.3, -0.25) is 9.79 Å². The number of amides is 1. The molecule has 1 heterocycles. The number of aliphatic imine (C=N–C) groups is 2. The average molecular weight is 370 g/mol. The quantitative estimate of drug-likeness (QED) is 0.428. The summed E-state index contributed by atoms with van der Waals surface area (Å²) in [4.78, 5) is 21.9. The van der Waals surface area contributed by atoms with Crippen molar-refractivity contribution in [1.29, 1.82) is 0 Å². The molecule has 0 radical (unpaired) electrons. The molecule has 1 aliphatic carbocycles. The Labute approximate surface area is 162 Å². The third-order valence-electron chi connectivity index (χ3n) is 5.19. The first kappa shape index (κ1) is 20.9. The third kappa shape index (κ3) is 4.67. The molecule has 27 heavy (non-hydrogen) atoms. The number of methoxy groups -OCH3 is 1. The summed E-state index contributed by atoms with van der Waals surface area (Å²) in [5, 5.41) is 3.01. The van der Waals surface area contributed by atoms with Crippen molar-refractivity contribution in [2.45, 2.75) is 65.0 Å². The van der Waals surface area contributed by atoms with Gasteiger partial charge in [-0.25, -0.2) is 4.99 Å². The first-order chi connectivity index (χ1) is 12.8. The molecule has 146 valence electrons. The van der Waals surface area contributed by atoms with Crippen molar-refractivity contribution in [3.63, 3.8) is 0 Å². The summed E-state index contributed by atoms with van der Waals surface area (Å²) < 4.78 is 5.45. The van der Waals surface area contributed by atoms with Gasteiger partial charge in [0, 0.05) is 13.3 Å². The number of nitrogens with one attached hydrogen (secondary N) is 1. The van der Waals surface area contributed by atoms with Crippen molar-refractivity contribution in [3.8, 4) is 12.3 Å². The second-order valence-electron chi connectivity index (χ2n) is 7.40. The molecule has 0 spiro atoms. The van der Waals surface area contributed by atoms with E-state index >= 15 is 0 Å². The maximum Gasteiger partial charge on any atom is 0.246 e. The van der Waals surface area contributed by atoms with E-state index in [1.54, 1.807) is 20.2 Å². The zero-order valence-electron chi connectivity index (χ0n) is 16.7. The zero-order valence-corrected chi connectivity index (χ0v) is 16.7. The molecule has 0 aromatic carbocycles. The van der Waals surface area contributed by atoms with Crippen LogP contribution in [0, 0.1) is 17.8 Å². The van der Waals surface area contributed by atoms with E-state index in [0.717, 1.165) is 43.4 Å². The number of allylic oxidation sites excluding steroid dienone is 3. The van der Waals surface area contributed by atoms with Gasteiger partial charge in [-0.15, -0.1) is 6.42 Å². The minimum Gasteiger partial charge on any atom is -0.385 e. The van der Waals surface area contributed by atoms with Crippen LogP contribution in [0.1, 0.15) is 52.9 Å². The minimum atomic E-state index is -1.34. The predicted molar refractivity (Wildman–Crippen MR) is 109 cm³/mol. The number of carbonyl (C=O) groups excluding carboxylic acids is 1. The lowest BCUT2D eigenvalue weighted by Crippen LogP contribution is -2.52. The van der Waals surface area contributed by atoms with Crippen LogP contribution in [0.3, 0.4) is 0 Å². The monoisotopic (exact) mass is 370 g/mol. The molecular formula is C21H30N4O2. The molecule has 1 aliphatic heterocycles. The molecule has 1 fully saturated rings. The maximum atomic E-state index is 13.0. The number of rotatable bonds is 6. The Bertz CT molecular complexity index is 738. The third-order valence-corrected chi connectivity index (χ3v) is 5.19. The highest BCUT2D eigenvalue weighted by molar-refractivity contribution is 6.12. The molecule has 3 N–H and O–H groups in total. The van der Waals surface area contributed by atoms with E-state index in [0.29, 0.717) is 5.70 Å². The van der Waals surface area contributed by atoms with Gasteiger partial charge in [0.15, 0.2) is 5.41 Å². The van der Waals surface area contributed by atoms with Gasteiger partial charge >= 0.3 is 0 Å². The Morgan fingerprint density at radius 2 is 2.22 bits per heavy atom. The van der Waals surface area contributed by atoms with Crippen LogP contribution < -0.4 is 11.1 Å². The summed E-state index contributed by atoms with van der Waals surface area (Å²) in [5.41, 5.74) is 7.45. The molecule has 6 heteroatoms. The second-order valence-corrected chi connectivity index (χ2v) is 7.40. The highest BCUT2D eigenvalue weighted by Gasteiger charge is 2.39. The number of nitrogens with two attached hydrogens (primary N) is 1. The van der Waals surface area contributed by atoms with Gasteiger partial charge in [-0.05, 0) is 58.4 Å². The number of amidine groups is 1. The van der Waals surface area contributed by atoms with Crippen LogP contribution in [0.15, 0.2) is 33.5 Å². The molecule has 2 aliphatic rings. The van der Waals surface area contributed by atoms with E-state index in [2.05, 4.69) is 21.2 Å². The molecule has 3 atom stereocenters. The van der Waals surface area contributed by atoms with Crippen molar-refractivity contribution in [2.24, 2.45) is 21.1 Å². The van der Waals surface area contributed by atoms with E-state index in [4.69, 9.17) is 16.9 Å². The van der Waals surface area contributed by atoms with E-state index in [1.165, 1.54) is 0 Å². The van der Waals surface area contributed by atoms with Crippen molar-refractivity contribution >= 4 is 17.5 Å². The molecule has 0 aromatic heterocycles. The summed E-state index contributed by atoms with van der Waals surface area (Å²) in [7, 11) is 1.66. The minimum absolute atomic E-state index is 0.00543. The van der Waals surface area contributed by atoms with E-state index in [9.17, 15) is 4.79 Å². The Hall–Kier alpha value is -2.39. The topological polar surface area (TPSA) is 89.1 Å². The van der Waals surface area contributed by atoms with Gasteiger partial charge in [0.05, 0.1) is 23.6 Å². The molecule has 0 aromatic rings.